The normalized spacial score (nSPS) is 19.0. The second-order valence-corrected chi connectivity index (χ2v) is 7.10. The van der Waals surface area contributed by atoms with E-state index in [0.29, 0.717) is 12.4 Å². The van der Waals surface area contributed by atoms with Gasteiger partial charge in [0.05, 0.1) is 12.2 Å². The molecule has 0 aliphatic carbocycles. The third-order valence-corrected chi connectivity index (χ3v) is 5.15. The minimum absolute atomic E-state index is 0.155. The van der Waals surface area contributed by atoms with Crippen LogP contribution < -0.4 is 4.74 Å². The summed E-state index contributed by atoms with van der Waals surface area (Å²) in [6.45, 7) is 5.44. The molecule has 2 aliphatic rings. The Morgan fingerprint density at radius 3 is 2.36 bits per heavy atom. The molecule has 0 bridgehead atoms. The van der Waals surface area contributed by atoms with E-state index in [1.54, 1.807) is 17.0 Å². The maximum absolute atomic E-state index is 14.3. The smallest absolute Gasteiger partial charge is 0.256 e. The van der Waals surface area contributed by atoms with Crippen LogP contribution in [0.2, 0.25) is 0 Å². The fourth-order valence-corrected chi connectivity index (χ4v) is 3.69. The lowest BCUT2D eigenvalue weighted by Crippen LogP contribution is -2.36. The molecule has 138 valence electrons. The number of carbonyl (C=O) groups excluding carboxylic acids is 1. The van der Waals surface area contributed by atoms with Gasteiger partial charge in [0.1, 0.15) is 11.6 Å². The number of likely N-dealkylation sites (tertiary alicyclic amines) is 2. The first-order valence-corrected chi connectivity index (χ1v) is 9.68. The van der Waals surface area contributed by atoms with Crippen molar-refractivity contribution in [3.63, 3.8) is 0 Å². The van der Waals surface area contributed by atoms with Crippen LogP contribution in [0.1, 0.15) is 55.3 Å². The SMILES string of the molecule is O=C(c1ccc(OCCCN2CCCCC2)cc1F)N1CCCCC1. The summed E-state index contributed by atoms with van der Waals surface area (Å²) in [6, 6.07) is 4.62. The Morgan fingerprint density at radius 1 is 1.00 bits per heavy atom. The highest BCUT2D eigenvalue weighted by atomic mass is 19.1. The molecule has 5 heteroatoms. The number of hydrogen-bond acceptors (Lipinski definition) is 3. The van der Waals surface area contributed by atoms with Crippen LogP contribution in [0.5, 0.6) is 5.75 Å². The molecule has 2 heterocycles. The number of benzene rings is 1. The van der Waals surface area contributed by atoms with E-state index in [0.717, 1.165) is 45.3 Å². The minimum Gasteiger partial charge on any atom is -0.493 e. The third kappa shape index (κ3) is 5.18. The number of piperidine rings is 2. The van der Waals surface area contributed by atoms with Crippen molar-refractivity contribution in [2.75, 3.05) is 39.3 Å². The van der Waals surface area contributed by atoms with Crippen molar-refractivity contribution in [1.82, 2.24) is 9.80 Å². The summed E-state index contributed by atoms with van der Waals surface area (Å²) in [5.41, 5.74) is 0.155. The monoisotopic (exact) mass is 348 g/mol. The predicted octanol–water partition coefficient (Wildman–Crippen LogP) is 3.71. The Morgan fingerprint density at radius 2 is 1.68 bits per heavy atom. The molecule has 1 amide bonds. The molecule has 0 atom stereocenters. The van der Waals surface area contributed by atoms with Gasteiger partial charge in [0, 0.05) is 25.7 Å². The third-order valence-electron chi connectivity index (χ3n) is 5.15. The molecular formula is C20H29FN2O2. The van der Waals surface area contributed by atoms with Crippen LogP contribution in [-0.2, 0) is 0 Å². The maximum Gasteiger partial charge on any atom is 0.256 e. The largest absolute Gasteiger partial charge is 0.493 e. The van der Waals surface area contributed by atoms with Crippen LogP contribution in [0.15, 0.2) is 18.2 Å². The summed E-state index contributed by atoms with van der Waals surface area (Å²) >= 11 is 0. The van der Waals surface area contributed by atoms with E-state index in [9.17, 15) is 9.18 Å². The van der Waals surface area contributed by atoms with Gasteiger partial charge in [-0.05, 0) is 63.7 Å². The van der Waals surface area contributed by atoms with E-state index in [2.05, 4.69) is 4.90 Å². The molecule has 1 aromatic carbocycles. The molecule has 2 fully saturated rings. The molecule has 2 aliphatic heterocycles. The Hall–Kier alpha value is -1.62. The van der Waals surface area contributed by atoms with E-state index in [1.165, 1.54) is 38.4 Å². The van der Waals surface area contributed by atoms with Crippen LogP contribution in [0.3, 0.4) is 0 Å². The van der Waals surface area contributed by atoms with E-state index >= 15 is 0 Å². The van der Waals surface area contributed by atoms with E-state index < -0.39 is 5.82 Å². The molecule has 3 rings (SSSR count). The first kappa shape index (κ1) is 18.2. The Labute approximate surface area is 149 Å². The van der Waals surface area contributed by atoms with Crippen molar-refractivity contribution in [3.8, 4) is 5.75 Å². The van der Waals surface area contributed by atoms with Crippen molar-refractivity contribution in [1.29, 1.82) is 0 Å². The lowest BCUT2D eigenvalue weighted by molar-refractivity contribution is 0.0719. The van der Waals surface area contributed by atoms with Gasteiger partial charge in [-0.1, -0.05) is 6.42 Å². The topological polar surface area (TPSA) is 32.8 Å². The van der Waals surface area contributed by atoms with Gasteiger partial charge in [0.25, 0.3) is 5.91 Å². The van der Waals surface area contributed by atoms with Crippen LogP contribution in [0.4, 0.5) is 4.39 Å². The quantitative estimate of drug-likeness (QED) is 0.735. The van der Waals surface area contributed by atoms with Crippen LogP contribution in [0, 0.1) is 5.82 Å². The number of carbonyl (C=O) groups is 1. The van der Waals surface area contributed by atoms with Gasteiger partial charge < -0.3 is 14.5 Å². The van der Waals surface area contributed by atoms with Gasteiger partial charge in [-0.25, -0.2) is 4.39 Å². The Bertz CT molecular complexity index is 567. The maximum atomic E-state index is 14.3. The molecule has 0 radical (unpaired) electrons. The highest BCUT2D eigenvalue weighted by Gasteiger charge is 2.21. The molecule has 1 aromatic rings. The zero-order valence-electron chi connectivity index (χ0n) is 15.0. The van der Waals surface area contributed by atoms with Gasteiger partial charge in [-0.2, -0.15) is 0 Å². The lowest BCUT2D eigenvalue weighted by Gasteiger charge is -2.27. The fraction of sp³-hybridized carbons (Fsp3) is 0.650. The van der Waals surface area contributed by atoms with E-state index in [4.69, 9.17) is 4.74 Å². The number of rotatable bonds is 6. The number of ether oxygens (including phenoxy) is 1. The average Bonchev–Trinajstić information content (AvgIpc) is 2.66. The minimum atomic E-state index is -0.482. The Balaban J connectivity index is 1.46. The summed E-state index contributed by atoms with van der Waals surface area (Å²) in [5.74, 6) is -0.177. The fourth-order valence-electron chi connectivity index (χ4n) is 3.69. The van der Waals surface area contributed by atoms with Gasteiger partial charge in [-0.3, -0.25) is 4.79 Å². The molecular weight excluding hydrogens is 319 g/mol. The van der Waals surface area contributed by atoms with E-state index in [-0.39, 0.29) is 11.5 Å². The second-order valence-electron chi connectivity index (χ2n) is 7.10. The first-order chi connectivity index (χ1) is 12.2. The van der Waals surface area contributed by atoms with Crippen molar-refractivity contribution in [3.05, 3.63) is 29.6 Å². The molecule has 0 aromatic heterocycles. The zero-order chi connectivity index (χ0) is 17.5. The van der Waals surface area contributed by atoms with Gasteiger partial charge in [0.15, 0.2) is 0 Å². The zero-order valence-corrected chi connectivity index (χ0v) is 15.0. The first-order valence-electron chi connectivity index (χ1n) is 9.68. The van der Waals surface area contributed by atoms with Crippen LogP contribution >= 0.6 is 0 Å². The summed E-state index contributed by atoms with van der Waals surface area (Å²) in [6.07, 6.45) is 8.02. The average molecular weight is 348 g/mol. The Kier molecular flexibility index (Phi) is 6.68. The standard InChI is InChI=1S/C20H29FN2O2/c21-19-16-17(25-15-7-12-22-10-3-1-4-11-22)8-9-18(19)20(24)23-13-5-2-6-14-23/h8-9,16H,1-7,10-15H2. The van der Waals surface area contributed by atoms with E-state index in [1.807, 2.05) is 0 Å². The lowest BCUT2D eigenvalue weighted by atomic mass is 10.1. The highest BCUT2D eigenvalue weighted by Crippen LogP contribution is 2.20. The molecule has 0 saturated carbocycles. The number of amides is 1. The molecule has 25 heavy (non-hydrogen) atoms. The summed E-state index contributed by atoms with van der Waals surface area (Å²) in [5, 5.41) is 0. The summed E-state index contributed by atoms with van der Waals surface area (Å²) < 4.78 is 20.0. The predicted molar refractivity (Wildman–Crippen MR) is 96.6 cm³/mol. The number of hydrogen-bond donors (Lipinski definition) is 0. The highest BCUT2D eigenvalue weighted by molar-refractivity contribution is 5.94. The molecule has 4 nitrogen and oxygen atoms in total. The molecule has 0 unspecified atom stereocenters. The van der Waals surface area contributed by atoms with Crippen molar-refractivity contribution in [2.45, 2.75) is 44.9 Å². The number of nitrogens with zero attached hydrogens (tertiary/aromatic N) is 2. The molecule has 0 N–H and O–H groups in total. The molecule has 2 saturated heterocycles. The molecule has 0 spiro atoms. The van der Waals surface area contributed by atoms with Crippen molar-refractivity contribution >= 4 is 5.91 Å². The van der Waals surface area contributed by atoms with Crippen LogP contribution in [0.25, 0.3) is 0 Å². The number of halogens is 1. The summed E-state index contributed by atoms with van der Waals surface area (Å²) in [4.78, 5) is 16.6. The van der Waals surface area contributed by atoms with Gasteiger partial charge in [-0.15, -0.1) is 0 Å². The van der Waals surface area contributed by atoms with Crippen molar-refractivity contribution < 1.29 is 13.9 Å². The van der Waals surface area contributed by atoms with Crippen molar-refractivity contribution in [2.24, 2.45) is 0 Å². The van der Waals surface area contributed by atoms with Crippen LogP contribution in [-0.4, -0.2) is 55.0 Å². The summed E-state index contributed by atoms with van der Waals surface area (Å²) in [7, 11) is 0. The second kappa shape index (κ2) is 9.18. The van der Waals surface area contributed by atoms with Gasteiger partial charge in [0.2, 0.25) is 0 Å². The van der Waals surface area contributed by atoms with Gasteiger partial charge >= 0.3 is 0 Å².